The van der Waals surface area contributed by atoms with E-state index in [9.17, 15) is 0 Å². The standard InChI is InChI=1S/C21H40F2O2SSi2/c1-18(2,3)27(9,10)24-17(16-14-13-15-26-16)21(22,23)20(7,8)25-28(11,12)19(4,5)6/h13-15,17H,1-12H3. The fourth-order valence-electron chi connectivity index (χ4n) is 2.40. The minimum absolute atomic E-state index is 0.154. The Morgan fingerprint density at radius 2 is 1.32 bits per heavy atom. The molecule has 28 heavy (non-hydrogen) atoms. The van der Waals surface area contributed by atoms with Gasteiger partial charge in [0.05, 0.1) is 0 Å². The highest BCUT2D eigenvalue weighted by atomic mass is 32.1. The summed E-state index contributed by atoms with van der Waals surface area (Å²) in [5, 5.41) is 1.51. The summed E-state index contributed by atoms with van der Waals surface area (Å²) in [5.74, 6) is -3.18. The molecule has 1 aromatic rings. The molecular weight excluding hydrogens is 410 g/mol. The monoisotopic (exact) mass is 450 g/mol. The number of hydrogen-bond acceptors (Lipinski definition) is 3. The second-order valence-corrected chi connectivity index (χ2v) is 21.7. The molecular formula is C21H40F2O2SSi2. The van der Waals surface area contributed by atoms with Crippen LogP contribution in [0, 0.1) is 0 Å². The van der Waals surface area contributed by atoms with Gasteiger partial charge in [-0.2, -0.15) is 0 Å². The van der Waals surface area contributed by atoms with Crippen molar-refractivity contribution in [3.63, 3.8) is 0 Å². The first-order valence-electron chi connectivity index (χ1n) is 9.95. The van der Waals surface area contributed by atoms with Gasteiger partial charge in [0, 0.05) is 4.88 Å². The van der Waals surface area contributed by atoms with Crippen LogP contribution in [-0.2, 0) is 8.85 Å². The van der Waals surface area contributed by atoms with Crippen molar-refractivity contribution < 1.29 is 17.6 Å². The van der Waals surface area contributed by atoms with Crippen molar-refractivity contribution in [1.29, 1.82) is 0 Å². The topological polar surface area (TPSA) is 18.5 Å². The number of halogens is 2. The molecule has 0 fully saturated rings. The molecule has 0 aromatic carbocycles. The van der Waals surface area contributed by atoms with Gasteiger partial charge < -0.3 is 8.85 Å². The quantitative estimate of drug-likeness (QED) is 0.389. The third-order valence-electron chi connectivity index (χ3n) is 6.47. The van der Waals surface area contributed by atoms with E-state index in [0.29, 0.717) is 4.88 Å². The van der Waals surface area contributed by atoms with E-state index >= 15 is 8.78 Å². The minimum Gasteiger partial charge on any atom is -0.406 e. The Labute approximate surface area is 177 Å². The van der Waals surface area contributed by atoms with Crippen LogP contribution in [0.5, 0.6) is 0 Å². The molecule has 1 atom stereocenters. The van der Waals surface area contributed by atoms with Gasteiger partial charge in [-0.25, -0.2) is 8.78 Å². The molecule has 0 saturated carbocycles. The molecule has 0 aliphatic heterocycles. The first kappa shape index (κ1) is 25.9. The van der Waals surface area contributed by atoms with Crippen LogP contribution >= 0.6 is 11.3 Å². The van der Waals surface area contributed by atoms with E-state index in [1.165, 1.54) is 25.2 Å². The zero-order valence-corrected chi connectivity index (χ0v) is 22.6. The molecule has 0 amide bonds. The number of thiophene rings is 1. The SMILES string of the molecule is CC(C)(O[Si](C)(C)C(C)(C)C)C(F)(F)C(O[Si](C)(C)C(C)(C)C)c1cccs1. The molecule has 0 bridgehead atoms. The molecule has 0 aliphatic carbocycles. The summed E-state index contributed by atoms with van der Waals surface area (Å²) in [5.41, 5.74) is -1.65. The third-order valence-corrected chi connectivity index (χ3v) is 16.5. The van der Waals surface area contributed by atoms with Gasteiger partial charge in [-0.1, -0.05) is 47.6 Å². The summed E-state index contributed by atoms with van der Waals surface area (Å²) >= 11 is 1.32. The van der Waals surface area contributed by atoms with Gasteiger partial charge in [0.15, 0.2) is 16.6 Å². The summed E-state index contributed by atoms with van der Waals surface area (Å²) in [6.07, 6.45) is -1.31. The summed E-state index contributed by atoms with van der Waals surface area (Å²) in [6.45, 7) is 23.5. The summed E-state index contributed by atoms with van der Waals surface area (Å²) in [7, 11) is -4.82. The second-order valence-electron chi connectivity index (χ2n) is 11.3. The zero-order valence-electron chi connectivity index (χ0n) is 19.8. The molecule has 0 aliphatic rings. The van der Waals surface area contributed by atoms with Crippen LogP contribution in [0.15, 0.2) is 17.5 Å². The highest BCUT2D eigenvalue weighted by molar-refractivity contribution is 7.10. The Bertz CT molecular complexity index is 642. The Hall–Kier alpha value is -0.0862. The smallest absolute Gasteiger partial charge is 0.303 e. The third kappa shape index (κ3) is 5.33. The first-order chi connectivity index (χ1) is 12.2. The van der Waals surface area contributed by atoms with E-state index in [0.717, 1.165) is 0 Å². The highest BCUT2D eigenvalue weighted by Gasteiger charge is 2.60. The van der Waals surface area contributed by atoms with Gasteiger partial charge in [0.25, 0.3) is 0 Å². The van der Waals surface area contributed by atoms with Crippen molar-refractivity contribution >= 4 is 28.0 Å². The Kier molecular flexibility index (Phi) is 7.30. The van der Waals surface area contributed by atoms with Crippen LogP contribution in [0.4, 0.5) is 8.78 Å². The predicted octanol–water partition coefficient (Wildman–Crippen LogP) is 8.25. The summed E-state index contributed by atoms with van der Waals surface area (Å²) in [4.78, 5) is 0.557. The van der Waals surface area contributed by atoms with Crippen LogP contribution < -0.4 is 0 Å². The molecule has 1 heterocycles. The molecule has 7 heteroatoms. The van der Waals surface area contributed by atoms with Crippen LogP contribution in [0.3, 0.4) is 0 Å². The fraction of sp³-hybridized carbons (Fsp3) is 0.810. The molecule has 0 spiro atoms. The van der Waals surface area contributed by atoms with Crippen molar-refractivity contribution in [2.24, 2.45) is 0 Å². The maximum Gasteiger partial charge on any atom is 0.303 e. The molecule has 164 valence electrons. The van der Waals surface area contributed by atoms with Crippen molar-refractivity contribution in [2.75, 3.05) is 0 Å². The van der Waals surface area contributed by atoms with E-state index in [1.54, 1.807) is 12.1 Å². The largest absolute Gasteiger partial charge is 0.406 e. The van der Waals surface area contributed by atoms with E-state index in [2.05, 4.69) is 41.5 Å². The van der Waals surface area contributed by atoms with Crippen molar-refractivity contribution in [3.8, 4) is 0 Å². The van der Waals surface area contributed by atoms with E-state index in [-0.39, 0.29) is 10.1 Å². The molecule has 0 radical (unpaired) electrons. The molecule has 1 unspecified atom stereocenters. The zero-order chi connectivity index (χ0) is 22.4. The van der Waals surface area contributed by atoms with Gasteiger partial charge in [-0.3, -0.25) is 0 Å². The lowest BCUT2D eigenvalue weighted by Crippen LogP contribution is -2.58. The fourth-order valence-corrected chi connectivity index (χ4v) is 6.21. The van der Waals surface area contributed by atoms with Gasteiger partial charge >= 0.3 is 5.92 Å². The summed E-state index contributed by atoms with van der Waals surface area (Å²) < 4.78 is 44.7. The average molecular weight is 451 g/mol. The van der Waals surface area contributed by atoms with Crippen molar-refractivity contribution in [3.05, 3.63) is 22.4 Å². The normalized spacial score (nSPS) is 16.4. The van der Waals surface area contributed by atoms with Crippen LogP contribution in [0.1, 0.15) is 66.4 Å². The molecule has 0 saturated heterocycles. The van der Waals surface area contributed by atoms with E-state index in [1.807, 2.05) is 31.6 Å². The van der Waals surface area contributed by atoms with Gasteiger partial charge in [0.2, 0.25) is 0 Å². The highest BCUT2D eigenvalue weighted by Crippen LogP contribution is 2.51. The van der Waals surface area contributed by atoms with Gasteiger partial charge in [-0.15, -0.1) is 11.3 Å². The minimum atomic E-state index is -3.18. The molecule has 1 aromatic heterocycles. The van der Waals surface area contributed by atoms with Crippen molar-refractivity contribution in [1.82, 2.24) is 0 Å². The lowest BCUT2D eigenvalue weighted by molar-refractivity contribution is -0.207. The summed E-state index contributed by atoms with van der Waals surface area (Å²) in [6, 6.07) is 3.55. The molecule has 2 nitrogen and oxygen atoms in total. The predicted molar refractivity (Wildman–Crippen MR) is 123 cm³/mol. The molecule has 0 N–H and O–H groups in total. The Balaban J connectivity index is 3.39. The second kappa shape index (κ2) is 7.87. The number of alkyl halides is 2. The number of hydrogen-bond donors (Lipinski definition) is 0. The Morgan fingerprint density at radius 3 is 1.68 bits per heavy atom. The van der Waals surface area contributed by atoms with Crippen LogP contribution in [0.25, 0.3) is 0 Å². The molecule has 1 rings (SSSR count). The van der Waals surface area contributed by atoms with Crippen LogP contribution in [0.2, 0.25) is 36.3 Å². The Morgan fingerprint density at radius 1 is 0.857 bits per heavy atom. The number of rotatable bonds is 7. The van der Waals surface area contributed by atoms with Crippen LogP contribution in [-0.4, -0.2) is 28.2 Å². The van der Waals surface area contributed by atoms with Gasteiger partial charge in [0.1, 0.15) is 11.7 Å². The van der Waals surface area contributed by atoms with E-state index in [4.69, 9.17) is 8.85 Å². The van der Waals surface area contributed by atoms with Gasteiger partial charge in [-0.05, 0) is 61.6 Å². The van der Waals surface area contributed by atoms with E-state index < -0.39 is 34.3 Å². The average Bonchev–Trinajstić information content (AvgIpc) is 2.94. The maximum absolute atomic E-state index is 16.1. The van der Waals surface area contributed by atoms with Crippen molar-refractivity contribution in [2.45, 2.75) is 109 Å². The lowest BCUT2D eigenvalue weighted by Gasteiger charge is -2.49. The lowest BCUT2D eigenvalue weighted by atomic mass is 9.95. The first-order valence-corrected chi connectivity index (χ1v) is 16.6. The maximum atomic E-state index is 16.1.